The number of nitrogens with one attached hydrogen (secondary N) is 2. The Morgan fingerprint density at radius 3 is 3.04 bits per heavy atom. The largest absolute Gasteiger partial charge is 0.355 e. The SMILES string of the molecule is N=C(/C=C\c1ncc(-c2cc(N3CCCC(SN)C3)ncn2)[nH]1)C(F)F. The Balaban J connectivity index is 1.75. The summed E-state index contributed by atoms with van der Waals surface area (Å²) in [6, 6.07) is 1.87. The van der Waals surface area contributed by atoms with Crippen LogP contribution in [0.5, 0.6) is 0 Å². The molecule has 4 N–H and O–H groups in total. The second-order valence-corrected chi connectivity index (χ2v) is 6.82. The van der Waals surface area contributed by atoms with Crippen molar-refractivity contribution in [3.63, 3.8) is 0 Å². The summed E-state index contributed by atoms with van der Waals surface area (Å²) >= 11 is 1.38. The molecule has 138 valence electrons. The second kappa shape index (κ2) is 8.37. The van der Waals surface area contributed by atoms with Crippen molar-refractivity contribution in [2.24, 2.45) is 5.14 Å². The number of nitrogens with zero attached hydrogens (tertiary/aromatic N) is 4. The average molecular weight is 379 g/mol. The van der Waals surface area contributed by atoms with E-state index >= 15 is 0 Å². The molecule has 7 nitrogen and oxygen atoms in total. The number of alkyl halides is 2. The van der Waals surface area contributed by atoms with E-state index in [0.29, 0.717) is 22.5 Å². The Labute approximate surface area is 153 Å². The first-order valence-electron chi connectivity index (χ1n) is 8.09. The van der Waals surface area contributed by atoms with Gasteiger partial charge in [0.15, 0.2) is 0 Å². The molecule has 1 fully saturated rings. The summed E-state index contributed by atoms with van der Waals surface area (Å²) in [7, 11) is 0. The minimum absolute atomic E-state index is 0.378. The number of imidazole rings is 1. The first kappa shape index (κ1) is 18.5. The van der Waals surface area contributed by atoms with Gasteiger partial charge in [-0.05, 0) is 25.0 Å². The van der Waals surface area contributed by atoms with Crippen molar-refractivity contribution in [2.45, 2.75) is 24.5 Å². The van der Waals surface area contributed by atoms with E-state index in [0.717, 1.165) is 37.8 Å². The monoisotopic (exact) mass is 379 g/mol. The lowest BCUT2D eigenvalue weighted by Crippen LogP contribution is -2.38. The number of anilines is 1. The second-order valence-electron chi connectivity index (χ2n) is 5.88. The van der Waals surface area contributed by atoms with Gasteiger partial charge in [0.25, 0.3) is 6.43 Å². The van der Waals surface area contributed by atoms with E-state index in [1.165, 1.54) is 24.4 Å². The molecule has 0 aromatic carbocycles. The highest BCUT2D eigenvalue weighted by Gasteiger charge is 2.21. The predicted octanol–water partition coefficient (Wildman–Crippen LogP) is 2.74. The number of allylic oxidation sites excluding steroid dienone is 1. The van der Waals surface area contributed by atoms with Crippen molar-refractivity contribution in [2.75, 3.05) is 18.0 Å². The van der Waals surface area contributed by atoms with Gasteiger partial charge in [-0.15, -0.1) is 0 Å². The highest BCUT2D eigenvalue weighted by Crippen LogP contribution is 2.25. The zero-order valence-corrected chi connectivity index (χ0v) is 14.7. The van der Waals surface area contributed by atoms with E-state index in [9.17, 15) is 8.78 Å². The van der Waals surface area contributed by atoms with E-state index in [2.05, 4.69) is 24.8 Å². The Morgan fingerprint density at radius 1 is 1.42 bits per heavy atom. The van der Waals surface area contributed by atoms with Crippen molar-refractivity contribution in [1.82, 2.24) is 19.9 Å². The third-order valence-electron chi connectivity index (χ3n) is 4.07. The number of nitrogens with two attached hydrogens (primary N) is 1. The molecule has 1 aliphatic rings. The minimum atomic E-state index is -2.80. The molecule has 0 amide bonds. The Kier molecular flexibility index (Phi) is 5.94. The standard InChI is InChI=1S/C16H19F2N7S/c17-16(18)11(19)3-4-14-21-7-13(24-14)12-6-15(23-9-22-12)25-5-1-2-10(8-25)26-20/h3-4,6-7,9-10,16,19H,1-2,5,8,20H2,(H,21,24)/b4-3-,19-11?. The van der Waals surface area contributed by atoms with Crippen molar-refractivity contribution in [3.05, 3.63) is 30.5 Å². The summed E-state index contributed by atoms with van der Waals surface area (Å²) in [4.78, 5) is 17.9. The zero-order valence-electron chi connectivity index (χ0n) is 13.9. The van der Waals surface area contributed by atoms with Crippen molar-refractivity contribution >= 4 is 29.6 Å². The lowest BCUT2D eigenvalue weighted by molar-refractivity contribution is 0.226. The molecule has 0 aliphatic carbocycles. The van der Waals surface area contributed by atoms with Gasteiger partial charge in [-0.25, -0.2) is 23.7 Å². The molecule has 1 atom stereocenters. The third-order valence-corrected chi connectivity index (χ3v) is 4.84. The van der Waals surface area contributed by atoms with Gasteiger partial charge in [0.1, 0.15) is 18.0 Å². The summed E-state index contributed by atoms with van der Waals surface area (Å²) in [5.74, 6) is 1.20. The van der Waals surface area contributed by atoms with Gasteiger partial charge in [-0.3, -0.25) is 10.5 Å². The first-order valence-corrected chi connectivity index (χ1v) is 9.03. The fourth-order valence-corrected chi connectivity index (χ4v) is 3.29. The molecule has 1 aliphatic heterocycles. The fourth-order valence-electron chi connectivity index (χ4n) is 2.72. The zero-order chi connectivity index (χ0) is 18.5. The molecule has 0 bridgehead atoms. The van der Waals surface area contributed by atoms with Gasteiger partial charge in [-0.2, -0.15) is 0 Å². The Morgan fingerprint density at radius 2 is 2.27 bits per heavy atom. The molecule has 1 unspecified atom stereocenters. The van der Waals surface area contributed by atoms with Gasteiger partial charge in [0.05, 0.1) is 23.3 Å². The van der Waals surface area contributed by atoms with Gasteiger partial charge in [-0.1, -0.05) is 11.9 Å². The fraction of sp³-hybridized carbons (Fsp3) is 0.375. The Hall–Kier alpha value is -2.33. The van der Waals surface area contributed by atoms with E-state index in [4.69, 9.17) is 10.5 Å². The maximum atomic E-state index is 12.3. The number of rotatable bonds is 6. The van der Waals surface area contributed by atoms with Gasteiger partial charge < -0.3 is 9.88 Å². The molecule has 0 radical (unpaired) electrons. The maximum absolute atomic E-state index is 12.3. The van der Waals surface area contributed by atoms with Crippen LogP contribution in [0.25, 0.3) is 17.5 Å². The highest BCUT2D eigenvalue weighted by molar-refractivity contribution is 7.97. The molecular weight excluding hydrogens is 360 g/mol. The summed E-state index contributed by atoms with van der Waals surface area (Å²) in [5, 5.41) is 13.2. The topological polar surface area (TPSA) is 108 Å². The summed E-state index contributed by atoms with van der Waals surface area (Å²) in [5.41, 5.74) is 0.553. The van der Waals surface area contributed by atoms with Crippen molar-refractivity contribution < 1.29 is 8.78 Å². The molecule has 3 rings (SSSR count). The van der Waals surface area contributed by atoms with Crippen LogP contribution in [-0.2, 0) is 0 Å². The molecule has 2 aromatic heterocycles. The quantitative estimate of drug-likeness (QED) is 0.526. The minimum Gasteiger partial charge on any atom is -0.355 e. The van der Waals surface area contributed by atoms with E-state index in [-0.39, 0.29) is 0 Å². The molecule has 0 spiro atoms. The van der Waals surface area contributed by atoms with Crippen LogP contribution in [0.2, 0.25) is 0 Å². The van der Waals surface area contributed by atoms with Crippen LogP contribution in [-0.4, -0.2) is 50.4 Å². The van der Waals surface area contributed by atoms with E-state index in [1.807, 2.05) is 6.07 Å². The Bertz CT molecular complexity index is 792. The number of H-pyrrole nitrogens is 1. The van der Waals surface area contributed by atoms with E-state index in [1.54, 1.807) is 6.20 Å². The van der Waals surface area contributed by atoms with Gasteiger partial charge >= 0.3 is 0 Å². The summed E-state index contributed by atoms with van der Waals surface area (Å²) in [6.45, 7) is 1.75. The smallest absolute Gasteiger partial charge is 0.279 e. The van der Waals surface area contributed by atoms with Crippen LogP contribution in [0.4, 0.5) is 14.6 Å². The number of aromatic nitrogens is 4. The molecular formula is C16H19F2N7S. The average Bonchev–Trinajstić information content (AvgIpc) is 3.15. The first-order chi connectivity index (χ1) is 12.6. The summed E-state index contributed by atoms with van der Waals surface area (Å²) in [6.07, 6.45) is 4.79. The molecule has 0 saturated carbocycles. The van der Waals surface area contributed by atoms with Crippen molar-refractivity contribution in [3.8, 4) is 11.4 Å². The number of hydrogen-bond donors (Lipinski definition) is 3. The molecule has 1 saturated heterocycles. The normalized spacial score (nSPS) is 18.0. The van der Waals surface area contributed by atoms with Crippen LogP contribution >= 0.6 is 11.9 Å². The lowest BCUT2D eigenvalue weighted by atomic mass is 10.1. The molecule has 26 heavy (non-hydrogen) atoms. The predicted molar refractivity (Wildman–Crippen MR) is 99.4 cm³/mol. The van der Waals surface area contributed by atoms with E-state index < -0.39 is 12.1 Å². The molecule has 2 aromatic rings. The number of aromatic amines is 1. The van der Waals surface area contributed by atoms with Gasteiger partial charge in [0.2, 0.25) is 0 Å². The van der Waals surface area contributed by atoms with Gasteiger partial charge in [0, 0.05) is 24.4 Å². The molecule has 3 heterocycles. The highest BCUT2D eigenvalue weighted by atomic mass is 32.2. The summed E-state index contributed by atoms with van der Waals surface area (Å²) < 4.78 is 24.7. The van der Waals surface area contributed by atoms with Crippen LogP contribution in [0.1, 0.15) is 18.7 Å². The number of piperidine rings is 1. The van der Waals surface area contributed by atoms with Crippen molar-refractivity contribution in [1.29, 1.82) is 5.41 Å². The molecule has 10 heteroatoms. The third kappa shape index (κ3) is 4.44. The van der Waals surface area contributed by atoms with Crippen LogP contribution in [0, 0.1) is 5.41 Å². The maximum Gasteiger partial charge on any atom is 0.279 e. The van der Waals surface area contributed by atoms with Crippen LogP contribution < -0.4 is 10.0 Å². The number of hydrogen-bond acceptors (Lipinski definition) is 7. The van der Waals surface area contributed by atoms with Crippen LogP contribution in [0.3, 0.4) is 0 Å². The van der Waals surface area contributed by atoms with Crippen LogP contribution in [0.15, 0.2) is 24.7 Å². The lowest BCUT2D eigenvalue weighted by Gasteiger charge is -2.32. The number of halogens is 2.